The van der Waals surface area contributed by atoms with E-state index in [0.29, 0.717) is 22.3 Å². The van der Waals surface area contributed by atoms with E-state index in [4.69, 9.17) is 26.3 Å². The first-order valence-corrected chi connectivity index (χ1v) is 28.1. The standard InChI is InChI=1S/C78H53N5O8/c1-50-12-27-64(42-51(50)2)70(59-10-8-7-9-11-59)45-54-25-40-67(41-26-54)83(65-36-21-52(22-37-65)43-68(60-28-13-55(14-29-60)46-71(79-3)75(84)85)61-30-15-56(16-31-61)47-72(80-4)76(86)87)66-38-23-53(24-39-66)44-69(62-32-17-57(18-33-62)48-73(81-5)77(88)89)63-34-19-58(20-35-63)49-74(82-6)78(90)91/h7-49H,1-2H3,(H,84,85)(H,86,87)(H,88,89)(H,90,91)/b70-45-,71-46-,72-47-,73-48-,74-49-. The topological polar surface area (TPSA) is 170 Å². The summed E-state index contributed by atoms with van der Waals surface area (Å²) >= 11 is 0. The number of rotatable bonds is 20. The molecule has 0 saturated carbocycles. The monoisotopic (exact) mass is 1190 g/mol. The Kier molecular flexibility index (Phi) is 19.7. The van der Waals surface area contributed by atoms with E-state index >= 15 is 0 Å². The van der Waals surface area contributed by atoms with Gasteiger partial charge in [0.25, 0.3) is 22.8 Å². The van der Waals surface area contributed by atoms with Crippen molar-refractivity contribution in [2.45, 2.75) is 13.8 Å². The van der Waals surface area contributed by atoms with Gasteiger partial charge >= 0.3 is 23.9 Å². The molecule has 0 saturated heterocycles. The van der Waals surface area contributed by atoms with E-state index < -0.39 is 46.7 Å². The molecule has 438 valence electrons. The Hall–Kier alpha value is -13.2. The van der Waals surface area contributed by atoms with Crippen molar-refractivity contribution in [3.05, 3.63) is 370 Å². The lowest BCUT2D eigenvalue weighted by atomic mass is 9.93. The largest absolute Gasteiger partial charge is 0.486 e. The van der Waals surface area contributed by atoms with Crippen LogP contribution in [0.1, 0.15) is 83.5 Å². The fourth-order valence-corrected chi connectivity index (χ4v) is 9.87. The molecular weight excluding hydrogens is 1130 g/mol. The average molecular weight is 1190 g/mol. The molecule has 9 rings (SSSR count). The van der Waals surface area contributed by atoms with Crippen LogP contribution in [-0.4, -0.2) is 44.3 Å². The summed E-state index contributed by atoms with van der Waals surface area (Å²) in [6, 6.07) is 69.6. The number of anilines is 3. The van der Waals surface area contributed by atoms with Gasteiger partial charge in [-0.25, -0.2) is 19.4 Å². The van der Waals surface area contributed by atoms with Crippen molar-refractivity contribution in [3.63, 3.8) is 0 Å². The highest BCUT2D eigenvalue weighted by molar-refractivity contribution is 5.99. The summed E-state index contributed by atoms with van der Waals surface area (Å²) in [6.45, 7) is 33.6. The minimum absolute atomic E-state index is 0.431. The van der Waals surface area contributed by atoms with Gasteiger partial charge in [0, 0.05) is 17.1 Å². The maximum absolute atomic E-state index is 11.7. The minimum atomic E-state index is -1.34. The third kappa shape index (κ3) is 15.6. The van der Waals surface area contributed by atoms with Gasteiger partial charge in [-0.2, -0.15) is 0 Å². The summed E-state index contributed by atoms with van der Waals surface area (Å²) in [5.74, 6) is -5.35. The number of hydrogen-bond acceptors (Lipinski definition) is 5. The molecule has 0 spiro atoms. The number of carbonyl (C=O) groups is 4. The Morgan fingerprint density at radius 1 is 0.297 bits per heavy atom. The lowest BCUT2D eigenvalue weighted by molar-refractivity contribution is -0.133. The number of hydrogen-bond donors (Lipinski definition) is 4. The van der Waals surface area contributed by atoms with Crippen molar-refractivity contribution in [1.82, 2.24) is 0 Å². The zero-order chi connectivity index (χ0) is 64.6. The molecule has 0 amide bonds. The zero-order valence-electron chi connectivity index (χ0n) is 49.0. The predicted molar refractivity (Wildman–Crippen MR) is 359 cm³/mol. The fourth-order valence-electron chi connectivity index (χ4n) is 9.87. The molecule has 0 fully saturated rings. The predicted octanol–water partition coefficient (Wildman–Crippen LogP) is 17.9. The van der Waals surface area contributed by atoms with Crippen molar-refractivity contribution in [3.8, 4) is 0 Å². The van der Waals surface area contributed by atoms with E-state index in [9.17, 15) is 39.6 Å². The van der Waals surface area contributed by atoms with Gasteiger partial charge in [-0.05, 0) is 193 Å². The Morgan fingerprint density at radius 2 is 0.527 bits per heavy atom. The quantitative estimate of drug-likeness (QED) is 0.0329. The van der Waals surface area contributed by atoms with Crippen molar-refractivity contribution in [2.24, 2.45) is 0 Å². The van der Waals surface area contributed by atoms with Crippen LogP contribution < -0.4 is 4.90 Å². The molecule has 13 heteroatoms. The lowest BCUT2D eigenvalue weighted by Crippen LogP contribution is -2.09. The van der Waals surface area contributed by atoms with Gasteiger partial charge in [-0.3, -0.25) is 19.2 Å². The molecule has 0 bridgehead atoms. The summed E-state index contributed by atoms with van der Waals surface area (Å²) in [5.41, 5.74) is 15.7. The maximum atomic E-state index is 11.7. The van der Waals surface area contributed by atoms with E-state index in [0.717, 1.165) is 83.9 Å². The minimum Gasteiger partial charge on any atom is -0.486 e. The van der Waals surface area contributed by atoms with Crippen LogP contribution in [0.15, 0.2) is 241 Å². The third-order valence-corrected chi connectivity index (χ3v) is 14.7. The first kappa shape index (κ1) is 62.3. The molecule has 4 N–H and O–H groups in total. The van der Waals surface area contributed by atoms with E-state index in [1.165, 1.54) is 35.4 Å². The second kappa shape index (κ2) is 28.8. The van der Waals surface area contributed by atoms with E-state index in [2.05, 4.69) is 98.8 Å². The Labute approximate surface area is 526 Å². The van der Waals surface area contributed by atoms with Gasteiger partial charge in [-0.15, -0.1) is 0 Å². The normalized spacial score (nSPS) is 11.6. The number of carboxylic acid groups (broad SMARTS) is 4. The van der Waals surface area contributed by atoms with Crippen LogP contribution in [0.2, 0.25) is 0 Å². The molecule has 0 aliphatic rings. The maximum Gasteiger partial charge on any atom is 0.333 e. The SMILES string of the molecule is [C-]#[N+]/C(=C\c1ccc(C(=Cc2ccc(N(c3ccc(C=C(c4ccc(/C=C(\[N+]#[C-])C(=O)O)cc4)c4ccc(/C=C(\[N+]#[C-])C(=O)O)cc4)cc3)c3ccc(/C=C(/c4ccccc4)c4ccc(C)c(C)c4)cc3)cc2)c2ccc(/C=C(\[N+]#[C-])C(=O)O)cc2)cc1)C(=O)O. The summed E-state index contributed by atoms with van der Waals surface area (Å²) in [5, 5.41) is 38.1. The van der Waals surface area contributed by atoms with E-state index in [1.54, 1.807) is 48.5 Å². The van der Waals surface area contributed by atoms with Crippen LogP contribution in [-0.2, 0) is 19.2 Å². The lowest BCUT2D eigenvalue weighted by Gasteiger charge is -2.26. The highest BCUT2D eigenvalue weighted by atomic mass is 16.4. The van der Waals surface area contributed by atoms with Crippen LogP contribution in [0.5, 0.6) is 0 Å². The average Bonchev–Trinajstić information content (AvgIpc) is 0.944. The fraction of sp³-hybridized carbons (Fsp3) is 0.0256. The summed E-state index contributed by atoms with van der Waals surface area (Å²) in [7, 11) is 0. The Balaban J connectivity index is 1.15. The highest BCUT2D eigenvalue weighted by Crippen LogP contribution is 2.38. The molecule has 0 aliphatic heterocycles. The van der Waals surface area contributed by atoms with Crippen molar-refractivity contribution in [1.29, 1.82) is 0 Å². The van der Waals surface area contributed by atoms with Crippen molar-refractivity contribution >= 4 is 100 Å². The van der Waals surface area contributed by atoms with Gasteiger partial charge in [0.1, 0.15) is 0 Å². The number of carboxylic acids is 4. The third-order valence-electron chi connectivity index (χ3n) is 14.7. The van der Waals surface area contributed by atoms with Gasteiger partial charge in [0.05, 0.1) is 26.3 Å². The van der Waals surface area contributed by atoms with Crippen LogP contribution in [0, 0.1) is 40.1 Å². The summed E-state index contributed by atoms with van der Waals surface area (Å²) in [4.78, 5) is 61.4. The molecule has 0 radical (unpaired) electrons. The second-order valence-corrected chi connectivity index (χ2v) is 20.7. The first-order valence-electron chi connectivity index (χ1n) is 28.1. The van der Waals surface area contributed by atoms with E-state index in [1.807, 2.05) is 127 Å². The molecule has 91 heavy (non-hydrogen) atoms. The zero-order valence-corrected chi connectivity index (χ0v) is 49.0. The van der Waals surface area contributed by atoms with Crippen molar-refractivity contribution < 1.29 is 39.6 Å². The molecule has 9 aromatic rings. The Morgan fingerprint density at radius 3 is 0.780 bits per heavy atom. The van der Waals surface area contributed by atoms with Crippen LogP contribution in [0.4, 0.5) is 17.1 Å². The second-order valence-electron chi connectivity index (χ2n) is 20.7. The number of aliphatic carboxylic acids is 4. The van der Waals surface area contributed by atoms with Crippen LogP contribution in [0.3, 0.4) is 0 Å². The van der Waals surface area contributed by atoms with Gasteiger partial charge in [-0.1, -0.05) is 182 Å². The summed E-state index contributed by atoms with van der Waals surface area (Å²) < 4.78 is 0. The summed E-state index contributed by atoms with van der Waals surface area (Å²) in [6.07, 6.45) is 11.4. The number of benzene rings is 9. The molecule has 0 heterocycles. The van der Waals surface area contributed by atoms with Crippen LogP contribution >= 0.6 is 0 Å². The van der Waals surface area contributed by atoms with Crippen molar-refractivity contribution in [2.75, 3.05) is 4.90 Å². The van der Waals surface area contributed by atoms with E-state index in [-0.39, 0.29) is 0 Å². The molecule has 0 unspecified atom stereocenters. The number of nitrogens with zero attached hydrogens (tertiary/aromatic N) is 5. The molecule has 9 aromatic carbocycles. The highest BCUT2D eigenvalue weighted by Gasteiger charge is 2.17. The first-order chi connectivity index (χ1) is 44.0. The molecule has 0 aliphatic carbocycles. The molecule has 0 atom stereocenters. The van der Waals surface area contributed by atoms with Gasteiger partial charge < -0.3 is 25.3 Å². The smallest absolute Gasteiger partial charge is 0.333 e. The molecule has 13 nitrogen and oxygen atoms in total. The van der Waals surface area contributed by atoms with Crippen LogP contribution in [0.25, 0.3) is 78.6 Å². The Bertz CT molecular complexity index is 4280. The molecular formula is C78H53N5O8. The number of aryl methyl sites for hydroxylation is 2. The molecule has 0 aromatic heterocycles. The van der Waals surface area contributed by atoms with Gasteiger partial charge in [0.2, 0.25) is 0 Å². The van der Waals surface area contributed by atoms with Gasteiger partial charge in [0.15, 0.2) is 0 Å².